The molecule has 1 fully saturated rings. The number of hydrogen-bond donors (Lipinski definition) is 0. The van der Waals surface area contributed by atoms with Crippen molar-refractivity contribution in [1.29, 1.82) is 0 Å². The minimum Gasteiger partial charge on any atom is -0.494 e. The van der Waals surface area contributed by atoms with Crippen molar-refractivity contribution in [2.24, 2.45) is 5.92 Å². The summed E-state index contributed by atoms with van der Waals surface area (Å²) in [6.07, 6.45) is -0.875. The van der Waals surface area contributed by atoms with E-state index in [9.17, 15) is 18.8 Å². The molecule has 1 aliphatic carbocycles. The molecule has 1 saturated carbocycles. The smallest absolute Gasteiger partial charge is 0.350 e. The second-order valence-electron chi connectivity index (χ2n) is 8.77. The summed E-state index contributed by atoms with van der Waals surface area (Å²) >= 11 is 1.01. The van der Waals surface area contributed by atoms with Crippen LogP contribution in [-0.4, -0.2) is 48.6 Å². The SMILES string of the molecule is CCOc1cccc(C2C3=C(OC4CCC(F)CC4C3=O)C(=O)N2c2nc(C)c(C(=O)OC)s2)c1. The summed E-state index contributed by atoms with van der Waals surface area (Å²) in [7, 11) is 1.27. The van der Waals surface area contributed by atoms with Crippen molar-refractivity contribution >= 4 is 34.1 Å². The van der Waals surface area contributed by atoms with Crippen molar-refractivity contribution in [3.63, 3.8) is 0 Å². The zero-order chi connectivity index (χ0) is 24.9. The Morgan fingerprint density at radius 3 is 2.86 bits per heavy atom. The van der Waals surface area contributed by atoms with Gasteiger partial charge in [0.05, 0.1) is 36.9 Å². The standard InChI is InChI=1S/C25H25FN2O6S/c1-4-33-15-7-5-6-13(10-15)19-18-20(29)16-11-14(26)8-9-17(16)34-21(18)23(30)28(19)25-27-12(2)22(35-25)24(31)32-3/h5-7,10,14,16-17,19H,4,8-9,11H2,1-3H3. The highest BCUT2D eigenvalue weighted by Gasteiger charge is 2.54. The van der Waals surface area contributed by atoms with Gasteiger partial charge in [0.15, 0.2) is 16.7 Å². The van der Waals surface area contributed by atoms with E-state index >= 15 is 0 Å². The van der Waals surface area contributed by atoms with Crippen LogP contribution in [0.15, 0.2) is 35.6 Å². The predicted molar refractivity (Wildman–Crippen MR) is 125 cm³/mol. The summed E-state index contributed by atoms with van der Waals surface area (Å²) < 4.78 is 30.8. The van der Waals surface area contributed by atoms with Gasteiger partial charge in [0.1, 0.15) is 22.9 Å². The third kappa shape index (κ3) is 3.89. The maximum absolute atomic E-state index is 14.2. The summed E-state index contributed by atoms with van der Waals surface area (Å²) in [5.74, 6) is -1.42. The third-order valence-electron chi connectivity index (χ3n) is 6.63. The van der Waals surface area contributed by atoms with E-state index in [1.54, 1.807) is 31.2 Å². The molecule has 35 heavy (non-hydrogen) atoms. The maximum Gasteiger partial charge on any atom is 0.350 e. The van der Waals surface area contributed by atoms with Gasteiger partial charge in [0.2, 0.25) is 0 Å². The molecule has 0 saturated heterocycles. The first-order valence-corrected chi connectivity index (χ1v) is 12.4. The molecule has 4 unspecified atom stereocenters. The number of thiazole rings is 1. The second-order valence-corrected chi connectivity index (χ2v) is 9.74. The van der Waals surface area contributed by atoms with Crippen LogP contribution in [0.1, 0.15) is 53.2 Å². The van der Waals surface area contributed by atoms with Gasteiger partial charge in [-0.2, -0.15) is 0 Å². The fraction of sp³-hybridized carbons (Fsp3) is 0.440. The molecule has 0 spiro atoms. The molecule has 0 radical (unpaired) electrons. The Hall–Kier alpha value is -3.27. The molecule has 1 aromatic heterocycles. The second kappa shape index (κ2) is 9.07. The van der Waals surface area contributed by atoms with E-state index in [0.29, 0.717) is 36.5 Å². The number of aromatic nitrogens is 1. The lowest BCUT2D eigenvalue weighted by atomic mass is 9.77. The van der Waals surface area contributed by atoms with Crippen molar-refractivity contribution in [2.45, 2.75) is 51.4 Å². The lowest BCUT2D eigenvalue weighted by molar-refractivity contribution is -0.133. The van der Waals surface area contributed by atoms with Gasteiger partial charge < -0.3 is 14.2 Å². The number of methoxy groups -OCH3 is 1. The van der Waals surface area contributed by atoms with Crippen LogP contribution in [-0.2, 0) is 19.1 Å². The average Bonchev–Trinajstić information content (AvgIpc) is 3.37. The maximum atomic E-state index is 14.2. The lowest BCUT2D eigenvalue weighted by Crippen LogP contribution is -2.42. The highest BCUT2D eigenvalue weighted by atomic mass is 32.1. The predicted octanol–water partition coefficient (Wildman–Crippen LogP) is 4.08. The van der Waals surface area contributed by atoms with Gasteiger partial charge in [0, 0.05) is 0 Å². The number of nitrogens with zero attached hydrogens (tertiary/aromatic N) is 2. The summed E-state index contributed by atoms with van der Waals surface area (Å²) in [6, 6.07) is 6.29. The van der Waals surface area contributed by atoms with E-state index in [1.807, 2.05) is 6.92 Å². The van der Waals surface area contributed by atoms with Crippen molar-refractivity contribution in [3.05, 3.63) is 51.7 Å². The van der Waals surface area contributed by atoms with Gasteiger partial charge in [-0.1, -0.05) is 23.5 Å². The number of ether oxygens (including phenoxy) is 3. The number of esters is 1. The van der Waals surface area contributed by atoms with E-state index in [2.05, 4.69) is 4.98 Å². The Kier molecular flexibility index (Phi) is 6.08. The van der Waals surface area contributed by atoms with Crippen LogP contribution in [0.5, 0.6) is 5.75 Å². The van der Waals surface area contributed by atoms with Gasteiger partial charge in [-0.25, -0.2) is 14.2 Å². The molecular weight excluding hydrogens is 475 g/mol. The molecule has 1 aromatic carbocycles. The van der Waals surface area contributed by atoms with Crippen molar-refractivity contribution < 1.29 is 33.0 Å². The monoisotopic (exact) mass is 500 g/mol. The molecule has 10 heteroatoms. The Balaban J connectivity index is 1.64. The van der Waals surface area contributed by atoms with Gasteiger partial charge in [-0.3, -0.25) is 14.5 Å². The van der Waals surface area contributed by atoms with Gasteiger partial charge in [-0.15, -0.1) is 0 Å². The first-order valence-electron chi connectivity index (χ1n) is 11.5. The number of halogens is 1. The number of Topliss-reactive ketones (excluding diaryl/α,β-unsaturated/α-hetero) is 1. The summed E-state index contributed by atoms with van der Waals surface area (Å²) in [4.78, 5) is 45.8. The van der Waals surface area contributed by atoms with Crippen LogP contribution in [0.4, 0.5) is 9.52 Å². The highest BCUT2D eigenvalue weighted by Crippen LogP contribution is 2.49. The van der Waals surface area contributed by atoms with Gasteiger partial charge >= 0.3 is 5.97 Å². The Morgan fingerprint density at radius 2 is 2.11 bits per heavy atom. The van der Waals surface area contributed by atoms with Gasteiger partial charge in [0.25, 0.3) is 5.91 Å². The molecule has 4 atom stereocenters. The summed E-state index contributed by atoms with van der Waals surface area (Å²) in [5, 5.41) is 0.247. The molecule has 8 nitrogen and oxygen atoms in total. The van der Waals surface area contributed by atoms with E-state index in [0.717, 1.165) is 11.3 Å². The molecule has 184 valence electrons. The number of amides is 1. The summed E-state index contributed by atoms with van der Waals surface area (Å²) in [6.45, 7) is 3.96. The zero-order valence-electron chi connectivity index (χ0n) is 19.6. The van der Waals surface area contributed by atoms with E-state index in [4.69, 9.17) is 14.2 Å². The fourth-order valence-electron chi connectivity index (χ4n) is 5.04. The number of benzene rings is 1. The molecule has 3 aliphatic rings. The van der Waals surface area contributed by atoms with E-state index in [1.165, 1.54) is 12.0 Å². The molecule has 3 heterocycles. The molecule has 0 N–H and O–H groups in total. The number of anilines is 1. The zero-order valence-corrected chi connectivity index (χ0v) is 20.4. The molecule has 1 amide bonds. The first-order chi connectivity index (χ1) is 16.8. The quantitative estimate of drug-likeness (QED) is 0.571. The molecule has 2 aliphatic heterocycles. The number of hydrogen-bond acceptors (Lipinski definition) is 8. The summed E-state index contributed by atoms with van der Waals surface area (Å²) in [5.41, 5.74) is 1.24. The minimum absolute atomic E-state index is 0.0205. The van der Waals surface area contributed by atoms with Crippen LogP contribution in [0, 0.1) is 12.8 Å². The van der Waals surface area contributed by atoms with Gasteiger partial charge in [-0.05, 0) is 50.8 Å². The normalized spacial score (nSPS) is 25.8. The van der Waals surface area contributed by atoms with Crippen molar-refractivity contribution in [3.8, 4) is 5.75 Å². The van der Waals surface area contributed by atoms with Crippen molar-refractivity contribution in [2.75, 3.05) is 18.6 Å². The molecule has 0 bridgehead atoms. The minimum atomic E-state index is -1.08. The number of rotatable bonds is 5. The van der Waals surface area contributed by atoms with E-state index in [-0.39, 0.29) is 33.5 Å². The highest BCUT2D eigenvalue weighted by molar-refractivity contribution is 7.17. The van der Waals surface area contributed by atoms with E-state index < -0.39 is 36.1 Å². The fourth-order valence-corrected chi connectivity index (χ4v) is 6.05. The molecular formula is C25H25FN2O6S. The van der Waals surface area contributed by atoms with Crippen molar-refractivity contribution in [1.82, 2.24) is 4.98 Å². The molecule has 5 rings (SSSR count). The van der Waals surface area contributed by atoms with Crippen LogP contribution in [0.2, 0.25) is 0 Å². The number of fused-ring (bicyclic) bond motifs is 1. The largest absolute Gasteiger partial charge is 0.494 e. The number of aryl methyl sites for hydroxylation is 1. The Morgan fingerprint density at radius 1 is 1.31 bits per heavy atom. The van der Waals surface area contributed by atoms with Crippen LogP contribution >= 0.6 is 11.3 Å². The third-order valence-corrected chi connectivity index (χ3v) is 7.77. The number of carbonyl (C=O) groups excluding carboxylic acids is 3. The Labute approximate surface area is 205 Å². The number of carbonyl (C=O) groups is 3. The van der Waals surface area contributed by atoms with Crippen LogP contribution in [0.25, 0.3) is 0 Å². The first kappa shape index (κ1) is 23.5. The van der Waals surface area contributed by atoms with Crippen LogP contribution in [0.3, 0.4) is 0 Å². The number of alkyl halides is 1. The van der Waals surface area contributed by atoms with Crippen LogP contribution < -0.4 is 9.64 Å². The topological polar surface area (TPSA) is 95.0 Å². The number of ketones is 1. The Bertz CT molecular complexity index is 1240. The molecule has 2 aromatic rings. The lowest BCUT2D eigenvalue weighted by Gasteiger charge is -2.36. The average molecular weight is 501 g/mol.